The van der Waals surface area contributed by atoms with E-state index < -0.39 is 0 Å². The average molecular weight is 231 g/mol. The van der Waals surface area contributed by atoms with Gasteiger partial charge in [-0.2, -0.15) is 0 Å². The number of alkyl halides is 1. The lowest BCUT2D eigenvalue weighted by molar-refractivity contribution is 0.277. The van der Waals surface area contributed by atoms with Crippen LogP contribution in [0.1, 0.15) is 39.0 Å². The molecular weight excluding hydrogens is 212 g/mol. The molecule has 0 saturated heterocycles. The first-order valence-electron chi connectivity index (χ1n) is 4.99. The zero-order valence-corrected chi connectivity index (χ0v) is 9.52. The van der Waals surface area contributed by atoms with E-state index in [2.05, 4.69) is 35.5 Å². The van der Waals surface area contributed by atoms with Crippen molar-refractivity contribution < 1.29 is 0 Å². The largest absolute Gasteiger partial charge is 0.103 e. The molecular formula is C11H19Br. The Bertz CT molecular complexity index is 132. The van der Waals surface area contributed by atoms with E-state index in [4.69, 9.17) is 0 Å². The summed E-state index contributed by atoms with van der Waals surface area (Å²) in [4.78, 5) is 0.710. The van der Waals surface area contributed by atoms with Crippen LogP contribution in [-0.2, 0) is 0 Å². The van der Waals surface area contributed by atoms with Gasteiger partial charge in [0.1, 0.15) is 0 Å². The monoisotopic (exact) mass is 230 g/mol. The lowest BCUT2D eigenvalue weighted by Crippen LogP contribution is -2.19. The molecule has 0 bridgehead atoms. The van der Waals surface area contributed by atoms with Crippen molar-refractivity contribution in [3.63, 3.8) is 0 Å². The Balaban J connectivity index is 2.24. The fraction of sp³-hybridized carbons (Fsp3) is 0.818. The van der Waals surface area contributed by atoms with Crippen molar-refractivity contribution in [2.75, 3.05) is 0 Å². The standard InChI is InChI=1S/C11H19Br/c1-3-4-10-5-7-11(8-6-10)9(2)12/h3,9-11H,1,4-8H2,2H3. The zero-order chi connectivity index (χ0) is 8.97. The topological polar surface area (TPSA) is 0 Å². The molecule has 1 unspecified atom stereocenters. The Hall–Kier alpha value is 0.220. The molecule has 0 heterocycles. The van der Waals surface area contributed by atoms with Gasteiger partial charge in [0.25, 0.3) is 0 Å². The molecule has 1 aliphatic carbocycles. The minimum atomic E-state index is 0.710. The van der Waals surface area contributed by atoms with Gasteiger partial charge in [0.15, 0.2) is 0 Å². The van der Waals surface area contributed by atoms with Gasteiger partial charge in [0.2, 0.25) is 0 Å². The lowest BCUT2D eigenvalue weighted by atomic mass is 9.79. The number of hydrogen-bond donors (Lipinski definition) is 0. The molecule has 12 heavy (non-hydrogen) atoms. The summed E-state index contributed by atoms with van der Waals surface area (Å²) in [5.74, 6) is 1.86. The van der Waals surface area contributed by atoms with Gasteiger partial charge in [-0.1, -0.05) is 28.9 Å². The van der Waals surface area contributed by atoms with E-state index in [1.54, 1.807) is 0 Å². The SMILES string of the molecule is C=CCC1CCC(C(C)Br)CC1. The third kappa shape index (κ3) is 2.93. The lowest BCUT2D eigenvalue weighted by Gasteiger charge is -2.29. The van der Waals surface area contributed by atoms with Crippen LogP contribution in [0, 0.1) is 11.8 Å². The predicted molar refractivity (Wildman–Crippen MR) is 58.7 cm³/mol. The van der Waals surface area contributed by atoms with Crippen LogP contribution < -0.4 is 0 Å². The van der Waals surface area contributed by atoms with Crippen LogP contribution in [0.5, 0.6) is 0 Å². The molecule has 1 atom stereocenters. The second-order valence-electron chi connectivity index (χ2n) is 3.98. The third-order valence-corrected chi connectivity index (χ3v) is 3.79. The van der Waals surface area contributed by atoms with Crippen molar-refractivity contribution in [3.8, 4) is 0 Å². The Labute approximate surface area is 84.6 Å². The summed E-state index contributed by atoms with van der Waals surface area (Å²) in [6.45, 7) is 6.08. The molecule has 1 heteroatoms. The zero-order valence-electron chi connectivity index (χ0n) is 7.93. The van der Waals surface area contributed by atoms with Crippen molar-refractivity contribution in [1.82, 2.24) is 0 Å². The quantitative estimate of drug-likeness (QED) is 0.505. The normalized spacial score (nSPS) is 32.8. The van der Waals surface area contributed by atoms with Gasteiger partial charge in [0, 0.05) is 4.83 Å². The molecule has 0 aliphatic heterocycles. The van der Waals surface area contributed by atoms with E-state index >= 15 is 0 Å². The van der Waals surface area contributed by atoms with Gasteiger partial charge in [-0.05, 0) is 43.9 Å². The van der Waals surface area contributed by atoms with Gasteiger partial charge in [-0.15, -0.1) is 6.58 Å². The van der Waals surface area contributed by atoms with Gasteiger partial charge in [0.05, 0.1) is 0 Å². The van der Waals surface area contributed by atoms with Crippen molar-refractivity contribution in [3.05, 3.63) is 12.7 Å². The number of rotatable bonds is 3. The summed E-state index contributed by atoms with van der Waals surface area (Å²) < 4.78 is 0. The molecule has 0 N–H and O–H groups in total. The minimum absolute atomic E-state index is 0.710. The van der Waals surface area contributed by atoms with E-state index in [-0.39, 0.29) is 0 Å². The second kappa shape index (κ2) is 5.06. The molecule has 1 saturated carbocycles. The smallest absolute Gasteiger partial charge is 0.0145 e. The molecule has 1 fully saturated rings. The molecule has 0 aromatic heterocycles. The van der Waals surface area contributed by atoms with E-state index in [1.165, 1.54) is 32.1 Å². The van der Waals surface area contributed by atoms with Crippen LogP contribution in [0.2, 0.25) is 0 Å². The van der Waals surface area contributed by atoms with Crippen molar-refractivity contribution >= 4 is 15.9 Å². The van der Waals surface area contributed by atoms with E-state index in [0.717, 1.165) is 11.8 Å². The van der Waals surface area contributed by atoms with Crippen LogP contribution in [0.3, 0.4) is 0 Å². The molecule has 1 rings (SSSR count). The van der Waals surface area contributed by atoms with Crippen molar-refractivity contribution in [1.29, 1.82) is 0 Å². The number of allylic oxidation sites excluding steroid dienone is 1. The first kappa shape index (κ1) is 10.3. The van der Waals surface area contributed by atoms with Gasteiger partial charge >= 0.3 is 0 Å². The van der Waals surface area contributed by atoms with Crippen LogP contribution in [0.25, 0.3) is 0 Å². The van der Waals surface area contributed by atoms with Gasteiger partial charge < -0.3 is 0 Å². The van der Waals surface area contributed by atoms with E-state index in [1.807, 2.05) is 0 Å². The van der Waals surface area contributed by atoms with Crippen LogP contribution in [-0.4, -0.2) is 4.83 Å². The molecule has 70 valence electrons. The second-order valence-corrected chi connectivity index (χ2v) is 5.43. The Morgan fingerprint density at radius 3 is 2.42 bits per heavy atom. The maximum atomic E-state index is 3.80. The molecule has 0 aromatic carbocycles. The molecule has 0 amide bonds. The average Bonchev–Trinajstić information content (AvgIpc) is 2.06. The highest BCUT2D eigenvalue weighted by molar-refractivity contribution is 9.09. The third-order valence-electron chi connectivity index (χ3n) is 3.04. The summed E-state index contributed by atoms with van der Waals surface area (Å²) in [6, 6.07) is 0. The predicted octanol–water partition coefficient (Wildman–Crippen LogP) is 4.15. The maximum Gasteiger partial charge on any atom is 0.0145 e. The van der Waals surface area contributed by atoms with Gasteiger partial charge in [-0.3, -0.25) is 0 Å². The van der Waals surface area contributed by atoms with Crippen LogP contribution in [0.15, 0.2) is 12.7 Å². The molecule has 0 nitrogen and oxygen atoms in total. The fourth-order valence-electron chi connectivity index (χ4n) is 2.12. The van der Waals surface area contributed by atoms with Crippen molar-refractivity contribution in [2.45, 2.75) is 43.9 Å². The van der Waals surface area contributed by atoms with E-state index in [9.17, 15) is 0 Å². The Kier molecular flexibility index (Phi) is 4.34. The Morgan fingerprint density at radius 2 is 2.00 bits per heavy atom. The van der Waals surface area contributed by atoms with Crippen molar-refractivity contribution in [2.24, 2.45) is 11.8 Å². The summed E-state index contributed by atoms with van der Waals surface area (Å²) in [6.07, 6.45) is 8.93. The highest BCUT2D eigenvalue weighted by Gasteiger charge is 2.22. The molecule has 0 radical (unpaired) electrons. The molecule has 0 spiro atoms. The number of halogens is 1. The first-order chi connectivity index (χ1) is 5.74. The first-order valence-corrected chi connectivity index (χ1v) is 5.90. The molecule has 0 aromatic rings. The fourth-order valence-corrected chi connectivity index (χ4v) is 2.65. The highest BCUT2D eigenvalue weighted by Crippen LogP contribution is 2.34. The summed E-state index contributed by atoms with van der Waals surface area (Å²) in [5, 5.41) is 0. The highest BCUT2D eigenvalue weighted by atomic mass is 79.9. The Morgan fingerprint density at radius 1 is 1.42 bits per heavy atom. The summed E-state index contributed by atoms with van der Waals surface area (Å²) in [5.41, 5.74) is 0. The summed E-state index contributed by atoms with van der Waals surface area (Å²) >= 11 is 3.67. The van der Waals surface area contributed by atoms with Crippen LogP contribution >= 0.6 is 15.9 Å². The maximum absolute atomic E-state index is 3.80. The van der Waals surface area contributed by atoms with Crippen LogP contribution in [0.4, 0.5) is 0 Å². The number of hydrogen-bond acceptors (Lipinski definition) is 0. The minimum Gasteiger partial charge on any atom is -0.103 e. The van der Waals surface area contributed by atoms with E-state index in [0.29, 0.717) is 4.83 Å². The van der Waals surface area contributed by atoms with Gasteiger partial charge in [-0.25, -0.2) is 0 Å². The molecule has 1 aliphatic rings. The summed E-state index contributed by atoms with van der Waals surface area (Å²) in [7, 11) is 0.